The third-order valence-electron chi connectivity index (χ3n) is 2.88. The summed E-state index contributed by atoms with van der Waals surface area (Å²) < 4.78 is 22.5. The number of carbonyl (C=O) groups is 1. The maximum absolute atomic E-state index is 11.3. The summed E-state index contributed by atoms with van der Waals surface area (Å²) in [6, 6.07) is 0. The first-order valence-electron chi connectivity index (χ1n) is 5.25. The SMILES string of the molecule is CC(C)CC(C(=O)O)C1CCS(=O)(=O)C1. The Morgan fingerprint density at radius 1 is 1.47 bits per heavy atom. The van der Waals surface area contributed by atoms with Crippen molar-refractivity contribution in [2.24, 2.45) is 17.8 Å². The van der Waals surface area contributed by atoms with Gasteiger partial charge in [0.2, 0.25) is 0 Å². The number of hydrogen-bond acceptors (Lipinski definition) is 3. The monoisotopic (exact) mass is 234 g/mol. The minimum Gasteiger partial charge on any atom is -0.481 e. The van der Waals surface area contributed by atoms with Crippen LogP contribution in [-0.2, 0) is 14.6 Å². The maximum Gasteiger partial charge on any atom is 0.306 e. The minimum absolute atomic E-state index is 0.0523. The molecule has 88 valence electrons. The zero-order valence-corrected chi connectivity index (χ0v) is 9.96. The van der Waals surface area contributed by atoms with Gasteiger partial charge in [0.15, 0.2) is 9.84 Å². The molecule has 5 heteroatoms. The molecule has 0 aromatic rings. The molecule has 0 aromatic carbocycles. The molecule has 1 fully saturated rings. The van der Waals surface area contributed by atoms with E-state index in [4.69, 9.17) is 5.11 Å². The molecule has 0 amide bonds. The topological polar surface area (TPSA) is 71.4 Å². The molecule has 0 radical (unpaired) electrons. The largest absolute Gasteiger partial charge is 0.481 e. The van der Waals surface area contributed by atoms with Gasteiger partial charge >= 0.3 is 5.97 Å². The van der Waals surface area contributed by atoms with Gasteiger partial charge in [-0.3, -0.25) is 4.79 Å². The predicted octanol–water partition coefficient (Wildman–Crippen LogP) is 1.17. The van der Waals surface area contributed by atoms with Gasteiger partial charge in [-0.25, -0.2) is 8.42 Å². The van der Waals surface area contributed by atoms with E-state index in [9.17, 15) is 13.2 Å². The number of carboxylic acid groups (broad SMARTS) is 1. The molecule has 2 atom stereocenters. The van der Waals surface area contributed by atoms with Gasteiger partial charge < -0.3 is 5.11 Å². The van der Waals surface area contributed by atoms with E-state index in [-0.39, 0.29) is 23.3 Å². The number of aliphatic carboxylic acids is 1. The Morgan fingerprint density at radius 3 is 2.40 bits per heavy atom. The van der Waals surface area contributed by atoms with Crippen LogP contribution in [-0.4, -0.2) is 31.0 Å². The highest BCUT2D eigenvalue weighted by Gasteiger charge is 2.37. The van der Waals surface area contributed by atoms with Crippen LogP contribution in [0, 0.1) is 17.8 Å². The van der Waals surface area contributed by atoms with Crippen LogP contribution in [0.5, 0.6) is 0 Å². The van der Waals surface area contributed by atoms with Crippen molar-refractivity contribution in [1.82, 2.24) is 0 Å². The molecular weight excluding hydrogens is 216 g/mol. The summed E-state index contributed by atoms with van der Waals surface area (Å²) in [6.45, 7) is 3.92. The third kappa shape index (κ3) is 3.48. The van der Waals surface area contributed by atoms with E-state index in [0.29, 0.717) is 12.8 Å². The second-order valence-electron chi connectivity index (χ2n) is 4.74. The molecule has 0 aliphatic carbocycles. The fraction of sp³-hybridized carbons (Fsp3) is 0.900. The van der Waals surface area contributed by atoms with Gasteiger partial charge in [-0.15, -0.1) is 0 Å². The number of hydrogen-bond donors (Lipinski definition) is 1. The Hall–Kier alpha value is -0.580. The zero-order chi connectivity index (χ0) is 11.6. The van der Waals surface area contributed by atoms with Gasteiger partial charge in [0.1, 0.15) is 0 Å². The van der Waals surface area contributed by atoms with Crippen molar-refractivity contribution in [3.63, 3.8) is 0 Å². The van der Waals surface area contributed by atoms with Crippen molar-refractivity contribution in [2.45, 2.75) is 26.7 Å². The van der Waals surface area contributed by atoms with Crippen LogP contribution in [0.4, 0.5) is 0 Å². The lowest BCUT2D eigenvalue weighted by atomic mass is 9.85. The Morgan fingerprint density at radius 2 is 2.07 bits per heavy atom. The Kier molecular flexibility index (Phi) is 3.76. The summed E-state index contributed by atoms with van der Waals surface area (Å²) in [4.78, 5) is 11.0. The molecule has 1 rings (SSSR count). The Balaban J connectivity index is 2.70. The van der Waals surface area contributed by atoms with Crippen molar-refractivity contribution in [2.75, 3.05) is 11.5 Å². The number of rotatable bonds is 4. The minimum atomic E-state index is -2.97. The summed E-state index contributed by atoms with van der Waals surface area (Å²) in [5, 5.41) is 9.06. The van der Waals surface area contributed by atoms with Crippen LogP contribution < -0.4 is 0 Å². The molecule has 2 unspecified atom stereocenters. The summed E-state index contributed by atoms with van der Waals surface area (Å²) >= 11 is 0. The first-order chi connectivity index (χ1) is 6.82. The van der Waals surface area contributed by atoms with Gasteiger partial charge in [-0.1, -0.05) is 13.8 Å². The summed E-state index contributed by atoms with van der Waals surface area (Å²) in [7, 11) is -2.97. The zero-order valence-electron chi connectivity index (χ0n) is 9.14. The van der Waals surface area contributed by atoms with E-state index in [1.165, 1.54) is 0 Å². The molecule has 15 heavy (non-hydrogen) atoms. The first-order valence-corrected chi connectivity index (χ1v) is 7.07. The van der Waals surface area contributed by atoms with Gasteiger partial charge in [0, 0.05) is 0 Å². The number of sulfone groups is 1. The fourth-order valence-electron chi connectivity index (χ4n) is 2.14. The van der Waals surface area contributed by atoms with Gasteiger partial charge in [0.05, 0.1) is 17.4 Å². The van der Waals surface area contributed by atoms with E-state index in [0.717, 1.165) is 0 Å². The second kappa shape index (κ2) is 4.51. The van der Waals surface area contributed by atoms with Crippen LogP contribution in [0.25, 0.3) is 0 Å². The standard InChI is InChI=1S/C10H18O4S/c1-7(2)5-9(10(11)12)8-3-4-15(13,14)6-8/h7-9H,3-6H2,1-2H3,(H,11,12). The van der Waals surface area contributed by atoms with E-state index in [1.54, 1.807) is 0 Å². The van der Waals surface area contributed by atoms with Crippen molar-refractivity contribution in [1.29, 1.82) is 0 Å². The maximum atomic E-state index is 11.3. The molecule has 1 saturated heterocycles. The highest BCUT2D eigenvalue weighted by atomic mass is 32.2. The van der Waals surface area contributed by atoms with Crippen molar-refractivity contribution < 1.29 is 18.3 Å². The van der Waals surface area contributed by atoms with Crippen LogP contribution in [0.1, 0.15) is 26.7 Å². The van der Waals surface area contributed by atoms with Crippen molar-refractivity contribution in [3.05, 3.63) is 0 Å². The normalized spacial score (nSPS) is 26.7. The van der Waals surface area contributed by atoms with E-state index in [2.05, 4.69) is 0 Å². The molecule has 4 nitrogen and oxygen atoms in total. The van der Waals surface area contributed by atoms with Crippen molar-refractivity contribution in [3.8, 4) is 0 Å². The molecule has 0 saturated carbocycles. The van der Waals surface area contributed by atoms with Gasteiger partial charge in [0.25, 0.3) is 0 Å². The first kappa shape index (κ1) is 12.5. The van der Waals surface area contributed by atoms with Crippen LogP contribution >= 0.6 is 0 Å². The molecule has 1 aliphatic rings. The molecular formula is C10H18O4S. The Labute approximate surface area is 90.6 Å². The number of carboxylic acids is 1. The molecule has 0 aromatic heterocycles. The molecule has 1 aliphatic heterocycles. The van der Waals surface area contributed by atoms with E-state index < -0.39 is 21.7 Å². The lowest BCUT2D eigenvalue weighted by Gasteiger charge is -2.19. The lowest BCUT2D eigenvalue weighted by molar-refractivity contribution is -0.144. The summed E-state index contributed by atoms with van der Waals surface area (Å²) in [6.07, 6.45) is 1.07. The van der Waals surface area contributed by atoms with Gasteiger partial charge in [-0.2, -0.15) is 0 Å². The molecule has 1 heterocycles. The highest BCUT2D eigenvalue weighted by Crippen LogP contribution is 2.30. The highest BCUT2D eigenvalue weighted by molar-refractivity contribution is 7.91. The Bertz CT molecular complexity index is 331. The van der Waals surface area contributed by atoms with Crippen molar-refractivity contribution >= 4 is 15.8 Å². The van der Waals surface area contributed by atoms with Crippen LogP contribution in [0.3, 0.4) is 0 Å². The summed E-state index contributed by atoms with van der Waals surface area (Å²) in [5.41, 5.74) is 0. The van der Waals surface area contributed by atoms with E-state index in [1.807, 2.05) is 13.8 Å². The second-order valence-corrected chi connectivity index (χ2v) is 6.97. The van der Waals surface area contributed by atoms with E-state index >= 15 is 0 Å². The van der Waals surface area contributed by atoms with Crippen LogP contribution in [0.2, 0.25) is 0 Å². The van der Waals surface area contributed by atoms with Gasteiger partial charge in [-0.05, 0) is 24.7 Å². The van der Waals surface area contributed by atoms with Crippen LogP contribution in [0.15, 0.2) is 0 Å². The molecule has 0 spiro atoms. The average Bonchev–Trinajstić information content (AvgIpc) is 2.41. The molecule has 1 N–H and O–H groups in total. The quantitative estimate of drug-likeness (QED) is 0.792. The molecule has 0 bridgehead atoms. The predicted molar refractivity (Wildman–Crippen MR) is 57.3 cm³/mol. The average molecular weight is 234 g/mol. The fourth-order valence-corrected chi connectivity index (χ4v) is 4.02. The smallest absolute Gasteiger partial charge is 0.306 e. The lowest BCUT2D eigenvalue weighted by Crippen LogP contribution is -2.26. The third-order valence-corrected chi connectivity index (χ3v) is 4.67. The summed E-state index contributed by atoms with van der Waals surface area (Å²) in [5.74, 6) is -1.05.